The van der Waals surface area contributed by atoms with Crippen LogP contribution in [-0.4, -0.2) is 40.0 Å². The van der Waals surface area contributed by atoms with Crippen LogP contribution in [0.5, 0.6) is 0 Å². The van der Waals surface area contributed by atoms with E-state index in [1.165, 1.54) is 0 Å². The number of benzene rings is 3. The molecule has 4 rings (SSSR count). The van der Waals surface area contributed by atoms with Gasteiger partial charge in [0.05, 0.1) is 18.6 Å². The summed E-state index contributed by atoms with van der Waals surface area (Å²) in [6, 6.07) is 7.64. The van der Waals surface area contributed by atoms with Gasteiger partial charge in [-0.25, -0.2) is 26.4 Å². The van der Waals surface area contributed by atoms with Crippen molar-refractivity contribution < 1.29 is 62.2 Å². The highest BCUT2D eigenvalue weighted by Crippen LogP contribution is 2.54. The van der Waals surface area contributed by atoms with Crippen molar-refractivity contribution in [3.05, 3.63) is 101 Å². The number of hydrogen-bond donors (Lipinski definition) is 1. The summed E-state index contributed by atoms with van der Waals surface area (Å²) in [5.74, 6) is -3.62. The highest BCUT2D eigenvalue weighted by atomic mass is 32.2. The Labute approximate surface area is 257 Å². The third-order valence-electron chi connectivity index (χ3n) is 8.05. The Hall–Kier alpha value is -3.79. The van der Waals surface area contributed by atoms with Crippen molar-refractivity contribution in [1.29, 1.82) is 0 Å². The second kappa shape index (κ2) is 12.8. The number of sulfone groups is 1. The highest BCUT2D eigenvalue weighted by molar-refractivity contribution is 7.92. The molecule has 0 bridgehead atoms. The molecule has 0 unspecified atom stereocenters. The first-order valence-electron chi connectivity index (χ1n) is 13.6. The number of carbonyl (C=O) groups excluding carboxylic acids is 1. The Morgan fingerprint density at radius 2 is 1.37 bits per heavy atom. The van der Waals surface area contributed by atoms with Gasteiger partial charge in [0.1, 0.15) is 22.2 Å². The van der Waals surface area contributed by atoms with Crippen molar-refractivity contribution in [3.63, 3.8) is 0 Å². The molecular formula is C30H26F9NO5S. The van der Waals surface area contributed by atoms with E-state index >= 15 is 0 Å². The summed E-state index contributed by atoms with van der Waals surface area (Å²) in [5, 5.41) is 2.53. The molecule has 1 aliphatic carbocycles. The summed E-state index contributed by atoms with van der Waals surface area (Å²) in [7, 11) is -3.37. The van der Waals surface area contributed by atoms with Crippen LogP contribution in [0.15, 0.2) is 71.6 Å². The topological polar surface area (TPSA) is 81.7 Å². The molecule has 1 amide bonds. The van der Waals surface area contributed by atoms with Crippen LogP contribution in [0.4, 0.5) is 44.3 Å². The molecule has 0 spiro atoms. The molecule has 3 aromatic carbocycles. The van der Waals surface area contributed by atoms with E-state index in [2.05, 4.69) is 14.8 Å². The van der Waals surface area contributed by atoms with Gasteiger partial charge in [-0.1, -0.05) is 30.3 Å². The molecule has 3 aromatic rings. The monoisotopic (exact) mass is 683 g/mol. The van der Waals surface area contributed by atoms with Gasteiger partial charge in [0, 0.05) is 17.2 Å². The standard InChI is InChI=1S/C30H26F9NO5S/c1-44-26(41)40-21-13-15-27(16-14-21,46(42,43)22-11-9-20(31)10-12-22)18-5-7-19(8-6-18)28(29(34,35)36,30(37,38)39)45-17-23-24(32)3-2-4-25(23)33/h2-12,21H,13-17H2,1H3,(H,40,41). The minimum atomic E-state index is -6.20. The number of rotatable bonds is 8. The third kappa shape index (κ3) is 6.28. The van der Waals surface area contributed by atoms with Crippen LogP contribution in [0.3, 0.4) is 0 Å². The van der Waals surface area contributed by atoms with E-state index in [4.69, 9.17) is 0 Å². The number of hydrogen-bond acceptors (Lipinski definition) is 5. The molecule has 1 saturated carbocycles. The maximum atomic E-state index is 14.4. The van der Waals surface area contributed by atoms with Crippen LogP contribution in [0.25, 0.3) is 0 Å². The van der Waals surface area contributed by atoms with E-state index in [1.807, 2.05) is 0 Å². The molecule has 0 atom stereocenters. The third-order valence-corrected chi connectivity index (χ3v) is 10.6. The first kappa shape index (κ1) is 35.1. The van der Waals surface area contributed by atoms with Crippen molar-refractivity contribution in [2.45, 2.75) is 65.9 Å². The highest BCUT2D eigenvalue weighted by Gasteiger charge is 2.73. The van der Waals surface area contributed by atoms with E-state index in [1.54, 1.807) is 0 Å². The number of nitrogens with one attached hydrogen (secondary N) is 1. The van der Waals surface area contributed by atoms with Gasteiger partial charge in [0.25, 0.3) is 5.60 Å². The number of alkyl halides is 6. The molecule has 0 aromatic heterocycles. The van der Waals surface area contributed by atoms with Gasteiger partial charge < -0.3 is 14.8 Å². The van der Waals surface area contributed by atoms with Gasteiger partial charge in [-0.05, 0) is 67.6 Å². The van der Waals surface area contributed by atoms with E-state index < -0.39 is 79.9 Å². The van der Waals surface area contributed by atoms with Crippen molar-refractivity contribution >= 4 is 15.9 Å². The van der Waals surface area contributed by atoms with Gasteiger partial charge >= 0.3 is 18.4 Å². The molecule has 1 fully saturated rings. The van der Waals surface area contributed by atoms with Crippen LogP contribution < -0.4 is 5.32 Å². The van der Waals surface area contributed by atoms with Crippen LogP contribution in [-0.2, 0) is 36.3 Å². The van der Waals surface area contributed by atoms with Crippen molar-refractivity contribution in [1.82, 2.24) is 5.32 Å². The number of methoxy groups -OCH3 is 1. The van der Waals surface area contributed by atoms with E-state index in [0.717, 1.165) is 49.6 Å². The van der Waals surface area contributed by atoms with Crippen LogP contribution >= 0.6 is 0 Å². The van der Waals surface area contributed by atoms with Gasteiger partial charge in [-0.3, -0.25) is 0 Å². The molecular weight excluding hydrogens is 657 g/mol. The molecule has 0 aliphatic heterocycles. The van der Waals surface area contributed by atoms with E-state index in [-0.39, 0.29) is 36.1 Å². The molecule has 1 aliphatic rings. The number of ether oxygens (including phenoxy) is 2. The molecule has 16 heteroatoms. The van der Waals surface area contributed by atoms with E-state index in [0.29, 0.717) is 24.3 Å². The Bertz CT molecular complexity index is 1620. The maximum absolute atomic E-state index is 14.4. The average Bonchev–Trinajstić information content (AvgIpc) is 2.98. The lowest BCUT2D eigenvalue weighted by atomic mass is 9.79. The minimum Gasteiger partial charge on any atom is -0.453 e. The molecule has 0 radical (unpaired) electrons. The van der Waals surface area contributed by atoms with Gasteiger partial charge in [0.2, 0.25) is 0 Å². The maximum Gasteiger partial charge on any atom is 0.430 e. The van der Waals surface area contributed by atoms with Gasteiger partial charge in [0.15, 0.2) is 9.84 Å². The lowest BCUT2D eigenvalue weighted by Gasteiger charge is -2.41. The fourth-order valence-corrected chi connectivity index (χ4v) is 7.77. The minimum absolute atomic E-state index is 0.0175. The fraction of sp³-hybridized carbons (Fsp3) is 0.367. The van der Waals surface area contributed by atoms with Crippen LogP contribution in [0.1, 0.15) is 42.4 Å². The predicted octanol–water partition coefficient (Wildman–Crippen LogP) is 7.61. The number of alkyl carbamates (subject to hydrolysis) is 1. The van der Waals surface area contributed by atoms with Crippen molar-refractivity contribution in [2.24, 2.45) is 0 Å². The Morgan fingerprint density at radius 3 is 1.85 bits per heavy atom. The zero-order chi connectivity index (χ0) is 34.1. The fourth-order valence-electron chi connectivity index (χ4n) is 5.60. The molecule has 46 heavy (non-hydrogen) atoms. The Morgan fingerprint density at radius 1 is 0.848 bits per heavy atom. The normalized spacial score (nSPS) is 19.5. The quantitative estimate of drug-likeness (QED) is 0.195. The molecule has 0 heterocycles. The van der Waals surface area contributed by atoms with Gasteiger partial charge in [-0.2, -0.15) is 26.3 Å². The first-order valence-corrected chi connectivity index (χ1v) is 15.0. The summed E-state index contributed by atoms with van der Waals surface area (Å²) in [6.45, 7) is -1.75. The van der Waals surface area contributed by atoms with Crippen molar-refractivity contribution in [2.75, 3.05) is 7.11 Å². The summed E-state index contributed by atoms with van der Waals surface area (Å²) in [6.07, 6.45) is -13.7. The SMILES string of the molecule is COC(=O)NC1CCC(c2ccc(C(OCc3c(F)cccc3F)(C(F)(F)F)C(F)(F)F)cc2)(S(=O)(=O)c2ccc(F)cc2)CC1. The summed E-state index contributed by atoms with van der Waals surface area (Å²) >= 11 is 0. The largest absolute Gasteiger partial charge is 0.453 e. The first-order chi connectivity index (χ1) is 21.4. The number of halogens is 9. The second-order valence-corrected chi connectivity index (χ2v) is 12.9. The van der Waals surface area contributed by atoms with Gasteiger partial charge in [-0.15, -0.1) is 0 Å². The summed E-state index contributed by atoms with van der Waals surface area (Å²) in [5.41, 5.74) is -7.95. The molecule has 1 N–H and O–H groups in total. The number of amides is 1. The Kier molecular flexibility index (Phi) is 9.74. The van der Waals surface area contributed by atoms with E-state index in [9.17, 15) is 52.7 Å². The summed E-state index contributed by atoms with van der Waals surface area (Å²) in [4.78, 5) is 11.4. The molecule has 0 saturated heterocycles. The van der Waals surface area contributed by atoms with Crippen molar-refractivity contribution in [3.8, 4) is 0 Å². The summed E-state index contributed by atoms with van der Waals surface area (Å²) < 4.78 is 163. The van der Waals surface area contributed by atoms with Crippen LogP contribution in [0.2, 0.25) is 0 Å². The van der Waals surface area contributed by atoms with Crippen LogP contribution in [0, 0.1) is 17.5 Å². The zero-order valence-electron chi connectivity index (χ0n) is 23.8. The number of carbonyl (C=O) groups is 1. The smallest absolute Gasteiger partial charge is 0.430 e. The predicted molar refractivity (Wildman–Crippen MR) is 144 cm³/mol. The second-order valence-electron chi connectivity index (χ2n) is 10.6. The molecule has 250 valence electrons. The lowest BCUT2D eigenvalue weighted by molar-refractivity contribution is -0.392. The average molecular weight is 684 g/mol. The molecule has 6 nitrogen and oxygen atoms in total. The Balaban J connectivity index is 1.82. The lowest BCUT2D eigenvalue weighted by Crippen LogP contribution is -2.56. The zero-order valence-corrected chi connectivity index (χ0v) is 24.6.